The summed E-state index contributed by atoms with van der Waals surface area (Å²) in [6, 6.07) is -1.77. The number of fused-ring (bicyclic) bond motifs is 1. The summed E-state index contributed by atoms with van der Waals surface area (Å²) < 4.78 is 41.0. The van der Waals surface area contributed by atoms with Gasteiger partial charge < -0.3 is 5.32 Å². The van der Waals surface area contributed by atoms with E-state index in [4.69, 9.17) is 0 Å². The molecule has 19 heavy (non-hydrogen) atoms. The van der Waals surface area contributed by atoms with E-state index in [0.717, 1.165) is 4.68 Å². The van der Waals surface area contributed by atoms with Crippen LogP contribution in [-0.4, -0.2) is 22.0 Å². The molecule has 2 unspecified atom stereocenters. The third-order valence-electron chi connectivity index (χ3n) is 3.15. The van der Waals surface area contributed by atoms with Crippen LogP contribution in [0.3, 0.4) is 0 Å². The molecule has 2 rings (SSSR count). The highest BCUT2D eigenvalue weighted by molar-refractivity contribution is 9.10. The van der Waals surface area contributed by atoms with Crippen molar-refractivity contribution in [1.82, 2.24) is 9.78 Å². The molecule has 0 saturated carbocycles. The van der Waals surface area contributed by atoms with E-state index in [-0.39, 0.29) is 12.5 Å². The molecule has 0 saturated heterocycles. The predicted molar refractivity (Wildman–Crippen MR) is 71.3 cm³/mol. The Labute approximate surface area is 118 Å². The van der Waals surface area contributed by atoms with Crippen LogP contribution >= 0.6 is 15.9 Å². The fourth-order valence-corrected chi connectivity index (χ4v) is 2.87. The van der Waals surface area contributed by atoms with E-state index in [1.807, 2.05) is 13.8 Å². The number of halogens is 4. The van der Waals surface area contributed by atoms with Gasteiger partial charge in [0.1, 0.15) is 5.82 Å². The largest absolute Gasteiger partial charge is 0.410 e. The first kappa shape index (κ1) is 14.7. The summed E-state index contributed by atoms with van der Waals surface area (Å²) in [5.41, 5.74) is 0.681. The van der Waals surface area contributed by atoms with Crippen molar-refractivity contribution in [2.45, 2.75) is 51.9 Å². The minimum atomic E-state index is -4.27. The third-order valence-corrected chi connectivity index (χ3v) is 3.99. The molecule has 0 radical (unpaired) electrons. The van der Waals surface area contributed by atoms with Crippen molar-refractivity contribution in [3.8, 4) is 0 Å². The highest BCUT2D eigenvalue weighted by atomic mass is 79.9. The van der Waals surface area contributed by atoms with Gasteiger partial charge in [0.15, 0.2) is 6.04 Å². The van der Waals surface area contributed by atoms with Gasteiger partial charge in [0.05, 0.1) is 10.2 Å². The first-order valence-electron chi connectivity index (χ1n) is 6.30. The van der Waals surface area contributed by atoms with Gasteiger partial charge in [-0.2, -0.15) is 18.3 Å². The molecule has 1 aromatic heterocycles. The van der Waals surface area contributed by atoms with Gasteiger partial charge in [0, 0.05) is 6.04 Å². The van der Waals surface area contributed by atoms with Gasteiger partial charge in [0.2, 0.25) is 0 Å². The number of nitrogens with zero attached hydrogens (tertiary/aromatic N) is 2. The Morgan fingerprint density at radius 1 is 1.47 bits per heavy atom. The van der Waals surface area contributed by atoms with Gasteiger partial charge in [-0.1, -0.05) is 13.8 Å². The van der Waals surface area contributed by atoms with E-state index in [1.54, 1.807) is 6.92 Å². The molecular formula is C12H17BrF3N3. The van der Waals surface area contributed by atoms with Gasteiger partial charge in [-0.05, 0) is 41.6 Å². The number of aromatic nitrogens is 2. The molecule has 2 atom stereocenters. The maximum Gasteiger partial charge on any atom is 0.410 e. The first-order valence-corrected chi connectivity index (χ1v) is 7.09. The highest BCUT2D eigenvalue weighted by Gasteiger charge is 2.46. The van der Waals surface area contributed by atoms with E-state index < -0.39 is 12.2 Å². The number of hydrogen-bond acceptors (Lipinski definition) is 2. The van der Waals surface area contributed by atoms with Crippen LogP contribution in [0.25, 0.3) is 0 Å². The first-order chi connectivity index (χ1) is 8.70. The molecular weight excluding hydrogens is 323 g/mol. The van der Waals surface area contributed by atoms with Crippen molar-refractivity contribution in [2.24, 2.45) is 5.92 Å². The zero-order valence-electron chi connectivity index (χ0n) is 11.1. The number of hydrogen-bond donors (Lipinski definition) is 1. The number of anilines is 1. The Balaban J connectivity index is 2.44. The second-order valence-electron chi connectivity index (χ2n) is 5.49. The van der Waals surface area contributed by atoms with E-state index in [0.29, 0.717) is 28.3 Å². The van der Waals surface area contributed by atoms with Crippen LogP contribution in [0.1, 0.15) is 38.9 Å². The lowest BCUT2D eigenvalue weighted by atomic mass is 10.1. The smallest absolute Gasteiger partial charge is 0.367 e. The van der Waals surface area contributed by atoms with Crippen molar-refractivity contribution in [3.05, 3.63) is 10.2 Å². The van der Waals surface area contributed by atoms with Gasteiger partial charge >= 0.3 is 6.18 Å². The number of rotatable bonds is 2. The van der Waals surface area contributed by atoms with E-state index >= 15 is 0 Å². The molecule has 0 amide bonds. The van der Waals surface area contributed by atoms with E-state index in [1.165, 1.54) is 0 Å². The lowest BCUT2D eigenvalue weighted by Gasteiger charge is -2.31. The van der Waals surface area contributed by atoms with Crippen molar-refractivity contribution >= 4 is 21.7 Å². The average Bonchev–Trinajstić information content (AvgIpc) is 2.54. The van der Waals surface area contributed by atoms with Gasteiger partial charge in [-0.3, -0.25) is 0 Å². The second kappa shape index (κ2) is 5.00. The lowest BCUT2D eigenvalue weighted by Crippen LogP contribution is -2.38. The van der Waals surface area contributed by atoms with Crippen LogP contribution in [0, 0.1) is 5.92 Å². The standard InChI is InChI=1S/C12H17BrF3N3/c1-6(2)4-8-10(13)11-17-7(3)5-9(12(14,15)16)19(11)18-8/h6-7,9,17H,4-5H2,1-3H3. The molecule has 1 aliphatic rings. The summed E-state index contributed by atoms with van der Waals surface area (Å²) in [6.45, 7) is 5.79. The minimum Gasteiger partial charge on any atom is -0.367 e. The Hall–Kier alpha value is -0.720. The number of alkyl halides is 3. The molecule has 0 fully saturated rings. The van der Waals surface area contributed by atoms with Crippen LogP contribution in [0.2, 0.25) is 0 Å². The molecule has 1 N–H and O–H groups in total. The Bertz CT molecular complexity index is 468. The monoisotopic (exact) mass is 339 g/mol. The molecule has 3 nitrogen and oxygen atoms in total. The maximum absolute atomic E-state index is 13.1. The SMILES string of the molecule is CC(C)Cc1nn2c(c1Br)NC(C)CC2C(F)(F)F. The fourth-order valence-electron chi connectivity index (χ4n) is 2.33. The van der Waals surface area contributed by atoms with Crippen LogP contribution in [0.15, 0.2) is 4.47 Å². The van der Waals surface area contributed by atoms with Crippen molar-refractivity contribution in [1.29, 1.82) is 0 Å². The Morgan fingerprint density at radius 3 is 2.63 bits per heavy atom. The van der Waals surface area contributed by atoms with E-state index in [2.05, 4.69) is 26.3 Å². The molecule has 0 aliphatic carbocycles. The summed E-state index contributed by atoms with van der Waals surface area (Å²) in [5.74, 6) is 0.784. The van der Waals surface area contributed by atoms with Crippen LogP contribution in [-0.2, 0) is 6.42 Å². The van der Waals surface area contributed by atoms with Crippen LogP contribution in [0.5, 0.6) is 0 Å². The average molecular weight is 340 g/mol. The summed E-state index contributed by atoms with van der Waals surface area (Å²) in [4.78, 5) is 0. The molecule has 1 aliphatic heterocycles. The summed E-state index contributed by atoms with van der Waals surface area (Å²) >= 11 is 3.37. The molecule has 1 aromatic rings. The van der Waals surface area contributed by atoms with Crippen molar-refractivity contribution < 1.29 is 13.2 Å². The molecule has 2 heterocycles. The quantitative estimate of drug-likeness (QED) is 0.877. The normalized spacial score (nSPS) is 23.4. The van der Waals surface area contributed by atoms with Crippen molar-refractivity contribution in [2.75, 3.05) is 5.32 Å². The maximum atomic E-state index is 13.1. The number of nitrogens with one attached hydrogen (secondary N) is 1. The molecule has 108 valence electrons. The topological polar surface area (TPSA) is 29.9 Å². The second-order valence-corrected chi connectivity index (χ2v) is 6.28. The van der Waals surface area contributed by atoms with Gasteiger partial charge in [-0.15, -0.1) is 0 Å². The molecule has 0 bridgehead atoms. The highest BCUT2D eigenvalue weighted by Crippen LogP contribution is 2.42. The lowest BCUT2D eigenvalue weighted by molar-refractivity contribution is -0.173. The Kier molecular flexibility index (Phi) is 3.86. The Morgan fingerprint density at radius 2 is 2.11 bits per heavy atom. The van der Waals surface area contributed by atoms with E-state index in [9.17, 15) is 13.2 Å². The van der Waals surface area contributed by atoms with Crippen LogP contribution < -0.4 is 5.32 Å². The van der Waals surface area contributed by atoms with Crippen molar-refractivity contribution in [3.63, 3.8) is 0 Å². The third kappa shape index (κ3) is 2.90. The molecule has 0 spiro atoms. The van der Waals surface area contributed by atoms with Gasteiger partial charge in [0.25, 0.3) is 0 Å². The van der Waals surface area contributed by atoms with Gasteiger partial charge in [-0.25, -0.2) is 4.68 Å². The summed E-state index contributed by atoms with van der Waals surface area (Å²) in [6.07, 6.45) is -3.61. The van der Waals surface area contributed by atoms with Crippen LogP contribution in [0.4, 0.5) is 19.0 Å². The molecule has 7 heteroatoms. The minimum absolute atomic E-state index is 0.00569. The zero-order chi connectivity index (χ0) is 14.4. The fraction of sp³-hybridized carbons (Fsp3) is 0.750. The summed E-state index contributed by atoms with van der Waals surface area (Å²) in [5, 5.41) is 7.24. The predicted octanol–water partition coefficient (Wildman–Crippen LogP) is 4.15. The molecule has 0 aromatic carbocycles. The zero-order valence-corrected chi connectivity index (χ0v) is 12.6. The summed E-state index contributed by atoms with van der Waals surface area (Å²) in [7, 11) is 0.